The molecule has 174 valence electrons. The molecule has 1 aliphatic rings. The van der Waals surface area contributed by atoms with Crippen molar-refractivity contribution in [2.45, 2.75) is 6.04 Å². The summed E-state index contributed by atoms with van der Waals surface area (Å²) < 4.78 is 0. The largest absolute Gasteiger partial charge is 0.504 e. The summed E-state index contributed by atoms with van der Waals surface area (Å²) in [6, 6.07) is 1.17. The molecule has 2 aromatic rings. The summed E-state index contributed by atoms with van der Waals surface area (Å²) in [5, 5.41) is 35.9. The average Bonchev–Trinajstić information content (AvgIpc) is 3.19. The molecular formula is C18H18N6O8S. The quantitative estimate of drug-likeness (QED) is 0.149. The van der Waals surface area contributed by atoms with E-state index in [-0.39, 0.29) is 28.8 Å². The lowest BCUT2D eigenvalue weighted by atomic mass is 10.1. The number of nitrogens with zero attached hydrogens (tertiary/aromatic N) is 4. The molecule has 1 saturated heterocycles. The number of carbonyl (C=O) groups is 4. The van der Waals surface area contributed by atoms with Crippen LogP contribution >= 0.6 is 11.3 Å². The Bertz CT molecular complexity index is 1150. The molecule has 2 heterocycles. The first-order valence-electron chi connectivity index (χ1n) is 9.12. The molecule has 1 aromatic heterocycles. The van der Waals surface area contributed by atoms with Gasteiger partial charge in [-0.3, -0.25) is 24.2 Å². The fourth-order valence-corrected chi connectivity index (χ4v) is 3.40. The molecule has 1 aliphatic heterocycles. The number of phenols is 2. The smallest absolute Gasteiger partial charge is 0.331 e. The van der Waals surface area contributed by atoms with E-state index in [9.17, 15) is 29.4 Å². The summed E-state index contributed by atoms with van der Waals surface area (Å²) in [4.78, 5) is 59.1. The minimum Gasteiger partial charge on any atom is -0.504 e. The lowest BCUT2D eigenvalue weighted by Crippen LogP contribution is -2.68. The maximum Gasteiger partial charge on any atom is 0.331 e. The Kier molecular flexibility index (Phi) is 6.62. The van der Waals surface area contributed by atoms with Crippen LogP contribution in [0.3, 0.4) is 0 Å². The summed E-state index contributed by atoms with van der Waals surface area (Å²) in [6.07, 6.45) is 0. The molecular weight excluding hydrogens is 460 g/mol. The van der Waals surface area contributed by atoms with Crippen molar-refractivity contribution in [2.75, 3.05) is 30.8 Å². The number of carboxylic acids is 1. The molecule has 3 rings (SSSR count). The van der Waals surface area contributed by atoms with Gasteiger partial charge in [-0.25, -0.2) is 9.78 Å². The Labute approximate surface area is 189 Å². The van der Waals surface area contributed by atoms with E-state index in [1.165, 1.54) is 18.6 Å². The van der Waals surface area contributed by atoms with E-state index in [1.807, 2.05) is 0 Å². The van der Waals surface area contributed by atoms with Crippen molar-refractivity contribution in [1.29, 1.82) is 0 Å². The summed E-state index contributed by atoms with van der Waals surface area (Å²) in [5.74, 6) is -4.01. The first kappa shape index (κ1) is 23.3. The van der Waals surface area contributed by atoms with Crippen LogP contribution in [0.4, 0.5) is 15.6 Å². The van der Waals surface area contributed by atoms with Gasteiger partial charge in [0.15, 0.2) is 22.3 Å². The van der Waals surface area contributed by atoms with Gasteiger partial charge in [-0.2, -0.15) is 0 Å². The summed E-state index contributed by atoms with van der Waals surface area (Å²) in [5.41, 5.74) is 5.41. The number of imide groups is 1. The number of nitrogen functional groups attached to an aromatic ring is 1. The van der Waals surface area contributed by atoms with E-state index >= 15 is 0 Å². The van der Waals surface area contributed by atoms with Crippen LogP contribution < -0.4 is 16.0 Å². The highest BCUT2D eigenvalue weighted by Gasteiger charge is 2.44. The molecule has 0 unspecified atom stereocenters. The molecule has 4 amide bonds. The molecule has 15 heteroatoms. The van der Waals surface area contributed by atoms with Crippen molar-refractivity contribution in [3.8, 4) is 11.5 Å². The standard InChI is InChI=1S/C18H18N6O8S/c1-32-22-14(10-7-33-17(19)21-10)15(29)20-9-5-24(16(9)30)18(31)23(6-13(27)28)8-2-3-11(25)12(26)4-8/h2-4,7,9,25-26H,5-6H2,1H3,(H2,19,21)(H,20,29)(H,27,28)/t9-/m0/s1. The molecule has 0 aliphatic carbocycles. The van der Waals surface area contributed by atoms with Crippen LogP contribution in [0.15, 0.2) is 28.7 Å². The van der Waals surface area contributed by atoms with Gasteiger partial charge in [0.25, 0.3) is 11.8 Å². The van der Waals surface area contributed by atoms with Crippen LogP contribution in [-0.4, -0.2) is 81.0 Å². The lowest BCUT2D eigenvalue weighted by Gasteiger charge is -2.39. The number of carboxylic acid groups (broad SMARTS) is 1. The van der Waals surface area contributed by atoms with Crippen molar-refractivity contribution in [3.63, 3.8) is 0 Å². The number of hydrogen-bond donors (Lipinski definition) is 5. The number of aromatic nitrogens is 1. The second-order valence-corrected chi connectivity index (χ2v) is 7.49. The number of hydrogen-bond acceptors (Lipinski definition) is 11. The van der Waals surface area contributed by atoms with Crippen molar-refractivity contribution < 1.29 is 39.3 Å². The SMILES string of the molecule is CON=C(C(=O)N[C@H]1CN(C(=O)N(CC(=O)O)c2ccc(O)c(O)c2)C1=O)c1csc(N)n1. The minimum absolute atomic E-state index is 0.0615. The summed E-state index contributed by atoms with van der Waals surface area (Å²) in [7, 11) is 1.22. The molecule has 0 spiro atoms. The van der Waals surface area contributed by atoms with Crippen LogP contribution in [0, 0.1) is 0 Å². The number of nitrogens with one attached hydrogen (secondary N) is 1. The number of rotatable bonds is 7. The summed E-state index contributed by atoms with van der Waals surface area (Å²) in [6.45, 7) is -1.07. The predicted octanol–water partition coefficient (Wildman–Crippen LogP) is -0.475. The Morgan fingerprint density at radius 1 is 1.36 bits per heavy atom. The second-order valence-electron chi connectivity index (χ2n) is 6.60. The van der Waals surface area contributed by atoms with Gasteiger partial charge < -0.3 is 31.2 Å². The van der Waals surface area contributed by atoms with E-state index < -0.39 is 47.9 Å². The maximum atomic E-state index is 12.8. The zero-order chi connectivity index (χ0) is 24.3. The first-order valence-corrected chi connectivity index (χ1v) is 10.00. The number of aliphatic carboxylic acids is 1. The number of anilines is 2. The predicted molar refractivity (Wildman–Crippen MR) is 114 cm³/mol. The number of phenolic OH excluding ortho intramolecular Hbond substituents is 2. The van der Waals surface area contributed by atoms with E-state index in [0.717, 1.165) is 33.3 Å². The number of thiazole rings is 1. The Morgan fingerprint density at radius 3 is 2.64 bits per heavy atom. The van der Waals surface area contributed by atoms with Crippen molar-refractivity contribution >= 4 is 51.7 Å². The van der Waals surface area contributed by atoms with Crippen molar-refractivity contribution in [2.24, 2.45) is 5.16 Å². The molecule has 0 bridgehead atoms. The topological polar surface area (TPSA) is 208 Å². The third kappa shape index (κ3) is 4.93. The fraction of sp³-hybridized carbons (Fsp3) is 0.222. The van der Waals surface area contributed by atoms with Gasteiger partial charge in [0.05, 0.1) is 12.2 Å². The van der Waals surface area contributed by atoms with Gasteiger partial charge in [-0.1, -0.05) is 5.16 Å². The van der Waals surface area contributed by atoms with Gasteiger partial charge >= 0.3 is 12.0 Å². The molecule has 6 N–H and O–H groups in total. The number of likely N-dealkylation sites (tertiary alicyclic amines) is 1. The van der Waals surface area contributed by atoms with Crippen LogP contribution in [0.2, 0.25) is 0 Å². The van der Waals surface area contributed by atoms with Crippen LogP contribution in [0.1, 0.15) is 5.69 Å². The van der Waals surface area contributed by atoms with E-state index in [2.05, 4.69) is 20.3 Å². The monoisotopic (exact) mass is 478 g/mol. The highest BCUT2D eigenvalue weighted by Crippen LogP contribution is 2.30. The zero-order valence-electron chi connectivity index (χ0n) is 17.0. The number of amides is 4. The highest BCUT2D eigenvalue weighted by atomic mass is 32.1. The van der Waals surface area contributed by atoms with Gasteiger partial charge in [0, 0.05) is 11.4 Å². The Hall–Kier alpha value is -4.40. The molecule has 1 atom stereocenters. The normalized spacial score (nSPS) is 15.5. The highest BCUT2D eigenvalue weighted by molar-refractivity contribution is 7.13. The number of oxime groups is 1. The number of aromatic hydroxyl groups is 2. The number of urea groups is 1. The second kappa shape index (κ2) is 9.39. The molecule has 33 heavy (non-hydrogen) atoms. The lowest BCUT2D eigenvalue weighted by molar-refractivity contribution is -0.141. The first-order chi connectivity index (χ1) is 15.6. The van der Waals surface area contributed by atoms with Crippen LogP contribution in [-0.2, 0) is 19.2 Å². The van der Waals surface area contributed by atoms with Gasteiger partial charge in [-0.15, -0.1) is 11.3 Å². The van der Waals surface area contributed by atoms with Gasteiger partial charge in [0.2, 0.25) is 0 Å². The molecule has 0 saturated carbocycles. The number of benzene rings is 1. The Morgan fingerprint density at radius 2 is 2.09 bits per heavy atom. The zero-order valence-corrected chi connectivity index (χ0v) is 17.8. The third-order valence-corrected chi connectivity index (χ3v) is 5.10. The number of carbonyl (C=O) groups excluding carboxylic acids is 3. The van der Waals surface area contributed by atoms with Crippen LogP contribution in [0.5, 0.6) is 11.5 Å². The Balaban J connectivity index is 1.72. The minimum atomic E-state index is -1.38. The van der Waals surface area contributed by atoms with Gasteiger partial charge in [0.1, 0.15) is 25.4 Å². The van der Waals surface area contributed by atoms with E-state index in [1.54, 1.807) is 0 Å². The van der Waals surface area contributed by atoms with E-state index in [4.69, 9.17) is 10.8 Å². The number of β-lactam (4-membered cyclic amide) rings is 1. The molecule has 14 nitrogen and oxygen atoms in total. The fourth-order valence-electron chi connectivity index (χ4n) is 2.85. The molecule has 1 aromatic carbocycles. The third-order valence-electron chi connectivity index (χ3n) is 4.42. The van der Waals surface area contributed by atoms with Gasteiger partial charge in [-0.05, 0) is 12.1 Å². The molecule has 1 fully saturated rings. The summed E-state index contributed by atoms with van der Waals surface area (Å²) >= 11 is 1.07. The molecule has 0 radical (unpaired) electrons. The maximum absolute atomic E-state index is 12.8. The number of nitrogens with two attached hydrogens (primary N) is 1. The van der Waals surface area contributed by atoms with E-state index in [0.29, 0.717) is 0 Å². The van der Waals surface area contributed by atoms with Crippen LogP contribution in [0.25, 0.3) is 0 Å². The average molecular weight is 478 g/mol. The van der Waals surface area contributed by atoms with Crippen molar-refractivity contribution in [1.82, 2.24) is 15.2 Å². The van der Waals surface area contributed by atoms with Crippen molar-refractivity contribution in [3.05, 3.63) is 29.3 Å².